The molecule has 1 unspecified atom stereocenters. The van der Waals surface area contributed by atoms with Gasteiger partial charge in [0.05, 0.1) is 0 Å². The Hall–Kier alpha value is -0.0800. The van der Waals surface area contributed by atoms with E-state index in [2.05, 4.69) is 24.1 Å². The van der Waals surface area contributed by atoms with Crippen LogP contribution in [0.2, 0.25) is 0 Å². The molecule has 0 spiro atoms. The number of nitrogens with zero attached hydrogens (tertiary/aromatic N) is 1. The minimum atomic E-state index is 0.789. The molecule has 2 heterocycles. The SMILES string of the molecule is CCC(C)N1C[C@@H]2CCN[C@@H]2C1. The van der Waals surface area contributed by atoms with Crippen LogP contribution in [0, 0.1) is 5.92 Å². The summed E-state index contributed by atoms with van der Waals surface area (Å²) in [7, 11) is 0. The van der Waals surface area contributed by atoms with Gasteiger partial charge in [0.15, 0.2) is 0 Å². The average Bonchev–Trinajstić information content (AvgIpc) is 2.60. The second-order valence-corrected chi connectivity index (χ2v) is 4.32. The molecule has 2 aliphatic heterocycles. The standard InChI is InChI=1S/C10H20N2/c1-3-8(2)12-6-9-4-5-11-10(9)7-12/h8-11H,3-7H2,1-2H3/t8?,9-,10+/m0/s1. The third kappa shape index (κ3) is 1.38. The van der Waals surface area contributed by atoms with Gasteiger partial charge in [-0.1, -0.05) is 6.92 Å². The van der Waals surface area contributed by atoms with Crippen LogP contribution >= 0.6 is 0 Å². The highest BCUT2D eigenvalue weighted by Gasteiger charge is 2.36. The first kappa shape index (κ1) is 8.52. The zero-order valence-electron chi connectivity index (χ0n) is 8.21. The Morgan fingerprint density at radius 3 is 3.00 bits per heavy atom. The fraction of sp³-hybridized carbons (Fsp3) is 1.00. The van der Waals surface area contributed by atoms with Gasteiger partial charge in [0, 0.05) is 25.2 Å². The van der Waals surface area contributed by atoms with Crippen molar-refractivity contribution in [1.82, 2.24) is 10.2 Å². The van der Waals surface area contributed by atoms with Crippen LogP contribution in [0.5, 0.6) is 0 Å². The van der Waals surface area contributed by atoms with Crippen LogP contribution in [-0.2, 0) is 0 Å². The lowest BCUT2D eigenvalue weighted by atomic mass is 10.1. The average molecular weight is 168 g/mol. The zero-order valence-corrected chi connectivity index (χ0v) is 8.21. The van der Waals surface area contributed by atoms with Gasteiger partial charge < -0.3 is 5.32 Å². The van der Waals surface area contributed by atoms with Gasteiger partial charge in [-0.25, -0.2) is 0 Å². The third-order valence-electron chi connectivity index (χ3n) is 3.61. The van der Waals surface area contributed by atoms with E-state index in [1.54, 1.807) is 0 Å². The molecule has 1 N–H and O–H groups in total. The molecule has 0 amide bonds. The van der Waals surface area contributed by atoms with Crippen molar-refractivity contribution in [3.8, 4) is 0 Å². The molecule has 2 rings (SSSR count). The molecule has 70 valence electrons. The van der Waals surface area contributed by atoms with Crippen LogP contribution in [0.3, 0.4) is 0 Å². The first-order valence-electron chi connectivity index (χ1n) is 5.28. The Kier molecular flexibility index (Phi) is 2.37. The Labute approximate surface area is 75.3 Å². The van der Waals surface area contributed by atoms with Gasteiger partial charge in [0.1, 0.15) is 0 Å². The fourth-order valence-corrected chi connectivity index (χ4v) is 2.50. The maximum atomic E-state index is 3.59. The Morgan fingerprint density at radius 1 is 1.50 bits per heavy atom. The van der Waals surface area contributed by atoms with Crippen molar-refractivity contribution in [3.63, 3.8) is 0 Å². The van der Waals surface area contributed by atoms with Gasteiger partial charge in [0.25, 0.3) is 0 Å². The lowest BCUT2D eigenvalue weighted by Crippen LogP contribution is -2.34. The lowest BCUT2D eigenvalue weighted by molar-refractivity contribution is 0.236. The van der Waals surface area contributed by atoms with Crippen LogP contribution < -0.4 is 5.32 Å². The van der Waals surface area contributed by atoms with Crippen LogP contribution in [0.25, 0.3) is 0 Å². The van der Waals surface area contributed by atoms with Gasteiger partial charge >= 0.3 is 0 Å². The predicted octanol–water partition coefficient (Wildman–Crippen LogP) is 1.08. The van der Waals surface area contributed by atoms with E-state index in [1.807, 2.05) is 0 Å². The van der Waals surface area contributed by atoms with Crippen molar-refractivity contribution in [3.05, 3.63) is 0 Å². The first-order chi connectivity index (χ1) is 5.81. The molecule has 2 fully saturated rings. The molecule has 0 bridgehead atoms. The van der Waals surface area contributed by atoms with Crippen LogP contribution in [-0.4, -0.2) is 36.6 Å². The van der Waals surface area contributed by atoms with Crippen LogP contribution in [0.15, 0.2) is 0 Å². The fourth-order valence-electron chi connectivity index (χ4n) is 2.50. The summed E-state index contributed by atoms with van der Waals surface area (Å²) >= 11 is 0. The van der Waals surface area contributed by atoms with E-state index in [0.29, 0.717) is 0 Å². The lowest BCUT2D eigenvalue weighted by Gasteiger charge is -2.23. The summed E-state index contributed by atoms with van der Waals surface area (Å²) in [6.45, 7) is 8.52. The smallest absolute Gasteiger partial charge is 0.0236 e. The first-order valence-corrected chi connectivity index (χ1v) is 5.28. The molecular formula is C10H20N2. The van der Waals surface area contributed by atoms with Crippen molar-refractivity contribution in [1.29, 1.82) is 0 Å². The second kappa shape index (κ2) is 3.35. The topological polar surface area (TPSA) is 15.3 Å². The highest BCUT2D eigenvalue weighted by atomic mass is 15.2. The van der Waals surface area contributed by atoms with Crippen molar-refractivity contribution in [2.24, 2.45) is 5.92 Å². The van der Waals surface area contributed by atoms with E-state index in [9.17, 15) is 0 Å². The molecule has 0 radical (unpaired) electrons. The number of nitrogens with one attached hydrogen (secondary N) is 1. The van der Waals surface area contributed by atoms with Crippen molar-refractivity contribution < 1.29 is 0 Å². The highest BCUT2D eigenvalue weighted by Crippen LogP contribution is 2.26. The largest absolute Gasteiger partial charge is 0.312 e. The maximum absolute atomic E-state index is 3.59. The maximum Gasteiger partial charge on any atom is 0.0236 e. The predicted molar refractivity (Wildman–Crippen MR) is 51.2 cm³/mol. The molecule has 0 aliphatic carbocycles. The molecular weight excluding hydrogens is 148 g/mol. The van der Waals surface area contributed by atoms with Crippen LogP contribution in [0.1, 0.15) is 26.7 Å². The van der Waals surface area contributed by atoms with Crippen molar-refractivity contribution in [2.45, 2.75) is 38.8 Å². The Morgan fingerprint density at radius 2 is 2.33 bits per heavy atom. The third-order valence-corrected chi connectivity index (χ3v) is 3.61. The number of fused-ring (bicyclic) bond motifs is 1. The van der Waals surface area contributed by atoms with E-state index >= 15 is 0 Å². The van der Waals surface area contributed by atoms with Crippen molar-refractivity contribution >= 4 is 0 Å². The molecule has 0 aromatic carbocycles. The summed E-state index contributed by atoms with van der Waals surface area (Å²) in [4.78, 5) is 2.64. The van der Waals surface area contributed by atoms with Gasteiger partial charge in [-0.2, -0.15) is 0 Å². The van der Waals surface area contributed by atoms with E-state index in [4.69, 9.17) is 0 Å². The second-order valence-electron chi connectivity index (χ2n) is 4.32. The van der Waals surface area contributed by atoms with E-state index in [-0.39, 0.29) is 0 Å². The molecule has 2 nitrogen and oxygen atoms in total. The normalized spacial score (nSPS) is 38.5. The number of rotatable bonds is 2. The van der Waals surface area contributed by atoms with Crippen LogP contribution in [0.4, 0.5) is 0 Å². The minimum absolute atomic E-state index is 0.789. The van der Waals surface area contributed by atoms with Gasteiger partial charge in [0.2, 0.25) is 0 Å². The van der Waals surface area contributed by atoms with Gasteiger partial charge in [-0.15, -0.1) is 0 Å². The molecule has 2 heteroatoms. The summed E-state index contributed by atoms with van der Waals surface area (Å²) in [5.41, 5.74) is 0. The summed E-state index contributed by atoms with van der Waals surface area (Å²) in [6, 6.07) is 1.61. The minimum Gasteiger partial charge on any atom is -0.312 e. The number of likely N-dealkylation sites (tertiary alicyclic amines) is 1. The Bertz CT molecular complexity index is 146. The summed E-state index contributed by atoms with van der Waals surface area (Å²) in [6.07, 6.45) is 2.69. The Balaban J connectivity index is 1.90. The zero-order chi connectivity index (χ0) is 8.55. The van der Waals surface area contributed by atoms with Gasteiger partial charge in [-0.3, -0.25) is 4.90 Å². The summed E-state index contributed by atoms with van der Waals surface area (Å²) < 4.78 is 0. The molecule has 2 aliphatic rings. The number of hydrogen-bond acceptors (Lipinski definition) is 2. The van der Waals surface area contributed by atoms with Crippen molar-refractivity contribution in [2.75, 3.05) is 19.6 Å². The monoisotopic (exact) mass is 168 g/mol. The molecule has 0 aromatic heterocycles. The molecule has 0 aromatic rings. The quantitative estimate of drug-likeness (QED) is 0.663. The summed E-state index contributed by atoms with van der Waals surface area (Å²) in [5.74, 6) is 0.957. The highest BCUT2D eigenvalue weighted by molar-refractivity contribution is 4.94. The van der Waals surface area contributed by atoms with Gasteiger partial charge in [-0.05, 0) is 32.2 Å². The van der Waals surface area contributed by atoms with E-state index in [1.165, 1.54) is 32.5 Å². The number of hydrogen-bond donors (Lipinski definition) is 1. The van der Waals surface area contributed by atoms with E-state index < -0.39 is 0 Å². The molecule has 12 heavy (non-hydrogen) atoms. The molecule has 2 saturated heterocycles. The molecule has 3 atom stereocenters. The molecule has 0 saturated carbocycles. The summed E-state index contributed by atoms with van der Waals surface area (Å²) in [5, 5.41) is 3.59. The van der Waals surface area contributed by atoms with E-state index in [0.717, 1.165) is 18.0 Å².